The van der Waals surface area contributed by atoms with Crippen LogP contribution in [0.3, 0.4) is 0 Å². The molecule has 0 aliphatic rings. The van der Waals surface area contributed by atoms with Crippen molar-refractivity contribution in [3.8, 4) is 0 Å². The maximum atomic E-state index is 12.3. The lowest BCUT2D eigenvalue weighted by Gasteiger charge is -2.15. The van der Waals surface area contributed by atoms with Crippen LogP contribution in [0, 0.1) is 0 Å². The number of benzene rings is 1. The van der Waals surface area contributed by atoms with Crippen molar-refractivity contribution in [2.45, 2.75) is 19.5 Å². The van der Waals surface area contributed by atoms with Crippen molar-refractivity contribution in [1.29, 1.82) is 0 Å². The van der Waals surface area contributed by atoms with Gasteiger partial charge in [0.05, 0.1) is 17.8 Å². The second kappa shape index (κ2) is 6.52. The highest BCUT2D eigenvalue weighted by Gasteiger charge is 2.12. The summed E-state index contributed by atoms with van der Waals surface area (Å²) in [6, 6.07) is 8.82. The summed E-state index contributed by atoms with van der Waals surface area (Å²) in [5.74, 6) is -0.245. The number of hydrogen-bond donors (Lipinski definition) is 1. The van der Waals surface area contributed by atoms with Gasteiger partial charge in [-0.2, -0.15) is 0 Å². The second-order valence-corrected chi connectivity index (χ2v) is 6.49. The van der Waals surface area contributed by atoms with E-state index in [1.807, 2.05) is 24.4 Å². The summed E-state index contributed by atoms with van der Waals surface area (Å²) in [6.07, 6.45) is 1.41. The Kier molecular flexibility index (Phi) is 4.45. The van der Waals surface area contributed by atoms with Gasteiger partial charge >= 0.3 is 0 Å². The number of thiophene rings is 1. The lowest BCUT2D eigenvalue weighted by Crippen LogP contribution is -2.33. The maximum Gasteiger partial charge on any atom is 0.262 e. The average molecular weight is 348 g/mol. The highest BCUT2D eigenvalue weighted by Crippen LogP contribution is 2.16. The molecule has 1 atom stereocenters. The van der Waals surface area contributed by atoms with E-state index in [2.05, 4.69) is 10.3 Å². The predicted molar refractivity (Wildman–Crippen MR) is 91.9 cm³/mol. The average Bonchev–Trinajstić information content (AvgIpc) is 3.00. The molecule has 1 N–H and O–H groups in total. The number of carbonyl (C=O) groups excluding carboxylic acids is 1. The molecule has 2 aromatic heterocycles. The van der Waals surface area contributed by atoms with Crippen LogP contribution in [0.25, 0.3) is 10.2 Å². The fourth-order valence-electron chi connectivity index (χ4n) is 2.28. The van der Waals surface area contributed by atoms with Gasteiger partial charge in [0.25, 0.3) is 5.56 Å². The zero-order valence-corrected chi connectivity index (χ0v) is 13.9. The van der Waals surface area contributed by atoms with Gasteiger partial charge in [-0.3, -0.25) is 14.2 Å². The van der Waals surface area contributed by atoms with E-state index in [-0.39, 0.29) is 24.1 Å². The number of aromatic nitrogens is 2. The summed E-state index contributed by atoms with van der Waals surface area (Å²) in [4.78, 5) is 29.3. The largest absolute Gasteiger partial charge is 0.348 e. The van der Waals surface area contributed by atoms with Gasteiger partial charge < -0.3 is 5.32 Å². The summed E-state index contributed by atoms with van der Waals surface area (Å²) >= 11 is 7.26. The molecule has 1 amide bonds. The Morgan fingerprint density at radius 1 is 1.35 bits per heavy atom. The van der Waals surface area contributed by atoms with Crippen LogP contribution in [0.5, 0.6) is 0 Å². The normalized spacial score (nSPS) is 12.3. The van der Waals surface area contributed by atoms with Gasteiger partial charge in [-0.1, -0.05) is 23.7 Å². The second-order valence-electron chi connectivity index (χ2n) is 5.16. The summed E-state index contributed by atoms with van der Waals surface area (Å²) in [5, 5.41) is 5.86. The molecule has 0 fully saturated rings. The lowest BCUT2D eigenvalue weighted by atomic mass is 10.1. The molecule has 0 spiro atoms. The molecule has 1 unspecified atom stereocenters. The third-order valence-corrected chi connectivity index (χ3v) is 4.58. The molecule has 118 valence electrons. The minimum Gasteiger partial charge on any atom is -0.348 e. The molecule has 0 aliphatic carbocycles. The zero-order chi connectivity index (χ0) is 16.4. The van der Waals surface area contributed by atoms with Crippen molar-refractivity contribution < 1.29 is 4.79 Å². The molecule has 3 rings (SSSR count). The highest BCUT2D eigenvalue weighted by atomic mass is 35.5. The van der Waals surface area contributed by atoms with Crippen LogP contribution < -0.4 is 10.9 Å². The Morgan fingerprint density at radius 2 is 2.09 bits per heavy atom. The molecule has 23 heavy (non-hydrogen) atoms. The Morgan fingerprint density at radius 3 is 2.83 bits per heavy atom. The van der Waals surface area contributed by atoms with Gasteiger partial charge in [0.15, 0.2) is 0 Å². The zero-order valence-electron chi connectivity index (χ0n) is 12.3. The van der Waals surface area contributed by atoms with E-state index < -0.39 is 0 Å². The number of carbonyl (C=O) groups is 1. The number of nitrogens with one attached hydrogen (secondary N) is 1. The van der Waals surface area contributed by atoms with Crippen LogP contribution in [0.4, 0.5) is 0 Å². The molecule has 5 nitrogen and oxygen atoms in total. The molecule has 7 heteroatoms. The molecule has 3 aromatic rings. The van der Waals surface area contributed by atoms with Crippen molar-refractivity contribution in [1.82, 2.24) is 14.9 Å². The first kappa shape index (κ1) is 15.7. The Labute approximate surface area is 141 Å². The van der Waals surface area contributed by atoms with Gasteiger partial charge in [-0.25, -0.2) is 4.98 Å². The van der Waals surface area contributed by atoms with E-state index >= 15 is 0 Å². The fraction of sp³-hybridized carbons (Fsp3) is 0.188. The van der Waals surface area contributed by atoms with Crippen molar-refractivity contribution in [3.05, 3.63) is 63.0 Å². The number of nitrogens with zero attached hydrogens (tertiary/aromatic N) is 2. The Bertz CT molecular complexity index is 902. The molecule has 0 radical (unpaired) electrons. The van der Waals surface area contributed by atoms with E-state index in [1.165, 1.54) is 22.2 Å². The van der Waals surface area contributed by atoms with E-state index in [1.54, 1.807) is 18.2 Å². The fourth-order valence-corrected chi connectivity index (χ4v) is 3.13. The summed E-state index contributed by atoms with van der Waals surface area (Å²) in [6.45, 7) is 1.82. The standard InChI is InChI=1S/C16H14ClN3O2S/c1-10(11-2-4-12(17)5-3-11)19-14(21)8-20-9-18-15-13(16(20)22)6-7-23-15/h2-7,9-10H,8H2,1H3,(H,19,21). The molecular weight excluding hydrogens is 334 g/mol. The van der Waals surface area contributed by atoms with Crippen molar-refractivity contribution in [2.75, 3.05) is 0 Å². The first-order chi connectivity index (χ1) is 11.0. The lowest BCUT2D eigenvalue weighted by molar-refractivity contribution is -0.122. The van der Waals surface area contributed by atoms with E-state index in [4.69, 9.17) is 11.6 Å². The highest BCUT2D eigenvalue weighted by molar-refractivity contribution is 7.16. The maximum absolute atomic E-state index is 12.3. The molecule has 0 saturated heterocycles. The molecule has 0 aliphatic heterocycles. The van der Waals surface area contributed by atoms with Gasteiger partial charge in [-0.05, 0) is 36.1 Å². The number of rotatable bonds is 4. The molecule has 0 saturated carbocycles. The Hall–Kier alpha value is -2.18. The van der Waals surface area contributed by atoms with Crippen molar-refractivity contribution in [2.24, 2.45) is 0 Å². The summed E-state index contributed by atoms with van der Waals surface area (Å²) in [7, 11) is 0. The van der Waals surface area contributed by atoms with Crippen LogP contribution in [0.2, 0.25) is 5.02 Å². The van der Waals surface area contributed by atoms with Crippen LogP contribution >= 0.6 is 22.9 Å². The van der Waals surface area contributed by atoms with Gasteiger partial charge in [-0.15, -0.1) is 11.3 Å². The molecule has 1 aromatic carbocycles. The quantitative estimate of drug-likeness (QED) is 0.789. The Balaban J connectivity index is 1.72. The monoisotopic (exact) mass is 347 g/mol. The molecular formula is C16H14ClN3O2S. The van der Waals surface area contributed by atoms with Gasteiger partial charge in [0, 0.05) is 5.02 Å². The third kappa shape index (κ3) is 3.43. The van der Waals surface area contributed by atoms with Crippen molar-refractivity contribution >= 4 is 39.1 Å². The van der Waals surface area contributed by atoms with Gasteiger partial charge in [0.2, 0.25) is 5.91 Å². The predicted octanol–water partition coefficient (Wildman–Crippen LogP) is 2.99. The number of hydrogen-bond acceptors (Lipinski definition) is 4. The minimum absolute atomic E-state index is 0.0600. The van der Waals surface area contributed by atoms with E-state index in [9.17, 15) is 9.59 Å². The van der Waals surface area contributed by atoms with Crippen molar-refractivity contribution in [3.63, 3.8) is 0 Å². The topological polar surface area (TPSA) is 64.0 Å². The van der Waals surface area contributed by atoms with Crippen LogP contribution in [0.1, 0.15) is 18.5 Å². The number of fused-ring (bicyclic) bond motifs is 1. The van der Waals surface area contributed by atoms with Gasteiger partial charge in [0.1, 0.15) is 11.4 Å². The number of halogens is 1. The van der Waals surface area contributed by atoms with Crippen LogP contribution in [0.15, 0.2) is 46.8 Å². The number of amides is 1. The molecule has 2 heterocycles. The first-order valence-corrected chi connectivity index (χ1v) is 8.28. The van der Waals surface area contributed by atoms with E-state index in [0.717, 1.165) is 5.56 Å². The summed E-state index contributed by atoms with van der Waals surface area (Å²) < 4.78 is 1.32. The SMILES string of the molecule is CC(NC(=O)Cn1cnc2sccc2c1=O)c1ccc(Cl)cc1. The van der Waals surface area contributed by atoms with E-state index in [0.29, 0.717) is 15.2 Å². The molecule has 0 bridgehead atoms. The smallest absolute Gasteiger partial charge is 0.262 e. The van der Waals surface area contributed by atoms with Crippen LogP contribution in [-0.4, -0.2) is 15.5 Å². The van der Waals surface area contributed by atoms with Crippen LogP contribution in [-0.2, 0) is 11.3 Å². The first-order valence-electron chi connectivity index (χ1n) is 7.02. The minimum atomic E-state index is -0.245. The summed E-state index contributed by atoms with van der Waals surface area (Å²) in [5.41, 5.74) is 0.743. The third-order valence-electron chi connectivity index (χ3n) is 3.51.